The third-order valence-corrected chi connectivity index (χ3v) is 4.41. The molecular formula is C22H19N. The van der Waals surface area contributed by atoms with E-state index in [4.69, 9.17) is 4.98 Å². The summed E-state index contributed by atoms with van der Waals surface area (Å²) in [6.45, 7) is 0. The molecule has 0 saturated heterocycles. The predicted octanol–water partition coefficient (Wildman–Crippen LogP) is 5.56. The minimum Gasteiger partial charge on any atom is -0.248 e. The fourth-order valence-electron chi connectivity index (χ4n) is 3.21. The summed E-state index contributed by atoms with van der Waals surface area (Å²) in [7, 11) is 0. The molecule has 3 aromatic carbocycles. The van der Waals surface area contributed by atoms with Gasteiger partial charge < -0.3 is 0 Å². The zero-order valence-corrected chi connectivity index (χ0v) is 13.1. The van der Waals surface area contributed by atoms with Crippen LogP contribution in [0.1, 0.15) is 17.5 Å². The Labute approximate surface area is 136 Å². The van der Waals surface area contributed by atoms with Gasteiger partial charge in [0.1, 0.15) is 0 Å². The van der Waals surface area contributed by atoms with Gasteiger partial charge in [-0.25, -0.2) is 4.98 Å². The van der Waals surface area contributed by atoms with E-state index < -0.39 is 0 Å². The van der Waals surface area contributed by atoms with Crippen molar-refractivity contribution in [2.75, 3.05) is 0 Å². The van der Waals surface area contributed by atoms with Crippen LogP contribution in [0, 0.1) is 0 Å². The van der Waals surface area contributed by atoms with Crippen LogP contribution in [0.5, 0.6) is 0 Å². The topological polar surface area (TPSA) is 12.9 Å². The maximum Gasteiger partial charge on any atom is 0.0712 e. The van der Waals surface area contributed by atoms with Gasteiger partial charge in [0.25, 0.3) is 0 Å². The average molecular weight is 297 g/mol. The quantitative estimate of drug-likeness (QED) is 0.449. The molecule has 4 aromatic rings. The first-order chi connectivity index (χ1) is 11.4. The van der Waals surface area contributed by atoms with Gasteiger partial charge in [0.2, 0.25) is 0 Å². The molecule has 0 bridgehead atoms. The van der Waals surface area contributed by atoms with Crippen LogP contribution in [-0.4, -0.2) is 4.98 Å². The van der Waals surface area contributed by atoms with Crippen LogP contribution in [0.3, 0.4) is 0 Å². The molecule has 4 rings (SSSR count). The minimum absolute atomic E-state index is 1.07. The largest absolute Gasteiger partial charge is 0.248 e. The van der Waals surface area contributed by atoms with Gasteiger partial charge in [0.05, 0.1) is 11.0 Å². The van der Waals surface area contributed by atoms with Gasteiger partial charge in [-0.3, -0.25) is 0 Å². The number of aryl methyl sites for hydroxylation is 2. The number of pyridine rings is 1. The van der Waals surface area contributed by atoms with Crippen LogP contribution >= 0.6 is 0 Å². The fraction of sp³-hybridized carbons (Fsp3) is 0.136. The lowest BCUT2D eigenvalue weighted by Gasteiger charge is -2.08. The number of hydrogen-bond donors (Lipinski definition) is 0. The van der Waals surface area contributed by atoms with Crippen molar-refractivity contribution in [3.63, 3.8) is 0 Å². The van der Waals surface area contributed by atoms with Gasteiger partial charge in [-0.2, -0.15) is 0 Å². The lowest BCUT2D eigenvalue weighted by Crippen LogP contribution is -1.92. The van der Waals surface area contributed by atoms with Crippen LogP contribution in [0.4, 0.5) is 0 Å². The standard InChI is InChI=1S/C22H19N/c1-2-8-17(9-3-1)10-6-12-18-13-7-15-22-20(18)16-19-11-4-5-14-21(19)23-22/h1-5,7-9,11,13-16H,6,10,12H2. The first kappa shape index (κ1) is 14.0. The van der Waals surface area contributed by atoms with Crippen molar-refractivity contribution in [3.05, 3.63) is 90.0 Å². The zero-order chi connectivity index (χ0) is 15.5. The Morgan fingerprint density at radius 1 is 0.652 bits per heavy atom. The lowest BCUT2D eigenvalue weighted by atomic mass is 9.99. The molecule has 1 heterocycles. The van der Waals surface area contributed by atoms with E-state index in [1.54, 1.807) is 0 Å². The number of para-hydroxylation sites is 1. The Balaban J connectivity index is 1.62. The summed E-state index contributed by atoms with van der Waals surface area (Å²) in [6, 6.07) is 27.8. The Morgan fingerprint density at radius 3 is 2.35 bits per heavy atom. The van der Waals surface area contributed by atoms with Gasteiger partial charge in [-0.05, 0) is 48.6 Å². The first-order valence-corrected chi connectivity index (χ1v) is 8.21. The van der Waals surface area contributed by atoms with E-state index >= 15 is 0 Å². The Kier molecular flexibility index (Phi) is 3.77. The van der Waals surface area contributed by atoms with Crippen molar-refractivity contribution in [3.8, 4) is 0 Å². The second-order valence-electron chi connectivity index (χ2n) is 6.00. The minimum atomic E-state index is 1.07. The van der Waals surface area contributed by atoms with Gasteiger partial charge in [0.15, 0.2) is 0 Å². The number of rotatable bonds is 4. The number of aromatic nitrogens is 1. The number of fused-ring (bicyclic) bond motifs is 2. The van der Waals surface area contributed by atoms with E-state index in [1.807, 2.05) is 6.07 Å². The summed E-state index contributed by atoms with van der Waals surface area (Å²) in [5.41, 5.74) is 4.98. The number of hydrogen-bond acceptors (Lipinski definition) is 1. The Morgan fingerprint density at radius 2 is 1.43 bits per heavy atom. The molecule has 0 fully saturated rings. The van der Waals surface area contributed by atoms with E-state index in [0.29, 0.717) is 0 Å². The van der Waals surface area contributed by atoms with Crippen molar-refractivity contribution in [1.29, 1.82) is 0 Å². The van der Waals surface area contributed by atoms with Gasteiger partial charge >= 0.3 is 0 Å². The molecule has 0 N–H and O–H groups in total. The highest BCUT2D eigenvalue weighted by Gasteiger charge is 2.04. The molecule has 0 aliphatic heterocycles. The van der Waals surface area contributed by atoms with Crippen LogP contribution in [0.2, 0.25) is 0 Å². The third kappa shape index (κ3) is 2.95. The summed E-state index contributed by atoms with van der Waals surface area (Å²) in [6.07, 6.45) is 3.38. The molecule has 0 saturated carbocycles. The smallest absolute Gasteiger partial charge is 0.0712 e. The van der Waals surface area contributed by atoms with Crippen molar-refractivity contribution in [2.24, 2.45) is 0 Å². The highest BCUT2D eigenvalue weighted by molar-refractivity contribution is 5.94. The molecule has 112 valence electrons. The van der Waals surface area contributed by atoms with Crippen molar-refractivity contribution < 1.29 is 0 Å². The molecule has 0 amide bonds. The highest BCUT2D eigenvalue weighted by atomic mass is 14.7. The molecule has 0 atom stereocenters. The summed E-state index contributed by atoms with van der Waals surface area (Å²) < 4.78 is 0. The molecule has 1 aromatic heterocycles. The van der Waals surface area contributed by atoms with Crippen LogP contribution in [-0.2, 0) is 12.8 Å². The first-order valence-electron chi connectivity index (χ1n) is 8.21. The van der Waals surface area contributed by atoms with Crippen LogP contribution in [0.15, 0.2) is 78.9 Å². The van der Waals surface area contributed by atoms with E-state index in [0.717, 1.165) is 30.3 Å². The normalized spacial score (nSPS) is 11.1. The van der Waals surface area contributed by atoms with E-state index in [-0.39, 0.29) is 0 Å². The van der Waals surface area contributed by atoms with Crippen LogP contribution < -0.4 is 0 Å². The molecule has 0 spiro atoms. The van der Waals surface area contributed by atoms with Crippen molar-refractivity contribution in [2.45, 2.75) is 19.3 Å². The number of benzene rings is 3. The van der Waals surface area contributed by atoms with Gasteiger partial charge in [-0.1, -0.05) is 60.7 Å². The molecule has 0 unspecified atom stereocenters. The van der Waals surface area contributed by atoms with Crippen molar-refractivity contribution >= 4 is 21.8 Å². The second kappa shape index (κ2) is 6.21. The van der Waals surface area contributed by atoms with E-state index in [1.165, 1.54) is 21.9 Å². The maximum absolute atomic E-state index is 4.80. The average Bonchev–Trinajstić information content (AvgIpc) is 2.61. The molecule has 0 radical (unpaired) electrons. The predicted molar refractivity (Wildman–Crippen MR) is 97.7 cm³/mol. The molecule has 1 nitrogen and oxygen atoms in total. The van der Waals surface area contributed by atoms with Gasteiger partial charge in [0, 0.05) is 10.8 Å². The second-order valence-corrected chi connectivity index (χ2v) is 6.00. The molecular weight excluding hydrogens is 278 g/mol. The van der Waals surface area contributed by atoms with Crippen LogP contribution in [0.25, 0.3) is 21.8 Å². The van der Waals surface area contributed by atoms with E-state index in [9.17, 15) is 0 Å². The van der Waals surface area contributed by atoms with E-state index in [2.05, 4.69) is 72.8 Å². The molecule has 1 heteroatoms. The highest BCUT2D eigenvalue weighted by Crippen LogP contribution is 2.24. The molecule has 0 aliphatic carbocycles. The monoisotopic (exact) mass is 297 g/mol. The fourth-order valence-corrected chi connectivity index (χ4v) is 3.21. The molecule has 0 aliphatic rings. The van der Waals surface area contributed by atoms with Crippen molar-refractivity contribution in [1.82, 2.24) is 4.98 Å². The summed E-state index contributed by atoms with van der Waals surface area (Å²) in [4.78, 5) is 4.80. The lowest BCUT2D eigenvalue weighted by molar-refractivity contribution is 0.825. The van der Waals surface area contributed by atoms with Gasteiger partial charge in [-0.15, -0.1) is 0 Å². The molecule has 23 heavy (non-hydrogen) atoms. The Hall–Kier alpha value is -2.67. The summed E-state index contributed by atoms with van der Waals surface area (Å²) in [5, 5.41) is 2.51. The maximum atomic E-state index is 4.80. The third-order valence-electron chi connectivity index (χ3n) is 4.41. The zero-order valence-electron chi connectivity index (χ0n) is 13.1. The SMILES string of the molecule is c1ccc(CCCc2cccc3nc4ccccc4cc23)cc1. The summed E-state index contributed by atoms with van der Waals surface area (Å²) in [5.74, 6) is 0. The summed E-state index contributed by atoms with van der Waals surface area (Å²) >= 11 is 0. The number of nitrogens with zero attached hydrogens (tertiary/aromatic N) is 1. The Bertz CT molecular complexity index is 942.